The lowest BCUT2D eigenvalue weighted by atomic mass is 9.51. The third kappa shape index (κ3) is 3.27. The molecule has 1 aromatic heterocycles. The first-order valence-corrected chi connectivity index (χ1v) is 10.5. The van der Waals surface area contributed by atoms with Crippen LogP contribution in [0.25, 0.3) is 16.5 Å². The maximum atomic E-state index is 8.80. The molecule has 3 heteroatoms. The molecule has 0 unspecified atom stereocenters. The maximum absolute atomic E-state index is 8.80. The van der Waals surface area contributed by atoms with E-state index < -0.39 is 5.89 Å². The normalized spacial score (nSPS) is 15.3. The number of pyridine rings is 1. The summed E-state index contributed by atoms with van der Waals surface area (Å²) in [5.74, 6) is 1.75. The Bertz CT molecular complexity index is 1150. The Labute approximate surface area is 177 Å². The maximum Gasteiger partial charge on any atom is 0.396 e. The summed E-state index contributed by atoms with van der Waals surface area (Å²) in [7, 11) is 4.33. The van der Waals surface area contributed by atoms with Gasteiger partial charge in [-0.2, -0.15) is 0 Å². The Balaban J connectivity index is 2.02. The van der Waals surface area contributed by atoms with E-state index in [1.54, 1.807) is 0 Å². The van der Waals surface area contributed by atoms with Gasteiger partial charge in [-0.05, 0) is 47.2 Å². The zero-order valence-corrected chi connectivity index (χ0v) is 18.7. The SMILES string of the molecule is [2H]C(C)(C)c1cc(B2C=C(C(C)(C)C)c3ccccc3N2C)[n+](C)c2ccccc12. The third-order valence-electron chi connectivity index (χ3n) is 6.20. The molecule has 2 aromatic carbocycles. The van der Waals surface area contributed by atoms with Crippen LogP contribution in [0.2, 0.25) is 0 Å². The largest absolute Gasteiger partial charge is 0.405 e. The smallest absolute Gasteiger partial charge is 0.396 e. The summed E-state index contributed by atoms with van der Waals surface area (Å²) in [6, 6.07) is 19.4. The number of nitrogens with zero attached hydrogens (tertiary/aromatic N) is 2. The Morgan fingerprint density at radius 3 is 2.38 bits per heavy atom. The van der Waals surface area contributed by atoms with Gasteiger partial charge in [-0.15, -0.1) is 0 Å². The van der Waals surface area contributed by atoms with E-state index in [2.05, 4.69) is 105 Å². The van der Waals surface area contributed by atoms with Crippen LogP contribution in [0.5, 0.6) is 0 Å². The van der Waals surface area contributed by atoms with Crippen LogP contribution in [0.1, 0.15) is 53.0 Å². The molecule has 0 saturated carbocycles. The van der Waals surface area contributed by atoms with Crippen molar-refractivity contribution in [2.75, 3.05) is 11.9 Å². The fraction of sp³-hybridized carbons (Fsp3) is 0.346. The Kier molecular flexibility index (Phi) is 4.50. The number of anilines is 1. The number of fused-ring (bicyclic) bond motifs is 2. The van der Waals surface area contributed by atoms with Crippen molar-refractivity contribution in [1.29, 1.82) is 0 Å². The average Bonchev–Trinajstić information content (AvgIpc) is 2.67. The first-order valence-electron chi connectivity index (χ1n) is 11.0. The molecule has 0 amide bonds. The highest BCUT2D eigenvalue weighted by molar-refractivity contribution is 6.81. The number of hydrogen-bond acceptors (Lipinski definition) is 1. The van der Waals surface area contributed by atoms with Gasteiger partial charge in [0.2, 0.25) is 5.52 Å². The van der Waals surface area contributed by atoms with Gasteiger partial charge in [-0.25, -0.2) is 4.57 Å². The first-order chi connectivity index (χ1) is 14.0. The molecule has 0 N–H and O–H groups in total. The van der Waals surface area contributed by atoms with E-state index in [1.165, 1.54) is 27.9 Å². The third-order valence-corrected chi connectivity index (χ3v) is 6.20. The summed E-state index contributed by atoms with van der Waals surface area (Å²) in [6.07, 6.45) is 0. The van der Waals surface area contributed by atoms with Crippen molar-refractivity contribution in [2.45, 2.75) is 40.5 Å². The first kappa shape index (κ1) is 18.5. The topological polar surface area (TPSA) is 7.12 Å². The highest BCUT2D eigenvalue weighted by Gasteiger charge is 2.38. The molecule has 2 heterocycles. The lowest BCUT2D eigenvalue weighted by molar-refractivity contribution is -0.627. The van der Waals surface area contributed by atoms with Gasteiger partial charge < -0.3 is 4.81 Å². The van der Waals surface area contributed by atoms with Gasteiger partial charge in [-0.3, -0.25) is 0 Å². The molecule has 0 fully saturated rings. The van der Waals surface area contributed by atoms with Gasteiger partial charge in [0, 0.05) is 24.6 Å². The van der Waals surface area contributed by atoms with Crippen LogP contribution in [-0.4, -0.2) is 13.9 Å². The fourth-order valence-electron chi connectivity index (χ4n) is 4.61. The molecule has 1 aliphatic heterocycles. The van der Waals surface area contributed by atoms with Gasteiger partial charge in [0.05, 0.1) is 0 Å². The number of aromatic nitrogens is 1. The predicted octanol–water partition coefficient (Wildman–Crippen LogP) is 5.10. The quantitative estimate of drug-likeness (QED) is 0.440. The van der Waals surface area contributed by atoms with Crippen LogP contribution < -0.4 is 15.0 Å². The number of benzene rings is 2. The molecule has 0 radical (unpaired) electrons. The molecule has 29 heavy (non-hydrogen) atoms. The lowest BCUT2D eigenvalue weighted by Gasteiger charge is -2.36. The van der Waals surface area contributed by atoms with Crippen molar-refractivity contribution in [3.63, 3.8) is 0 Å². The van der Waals surface area contributed by atoms with Crippen molar-refractivity contribution in [1.82, 2.24) is 0 Å². The fourth-order valence-corrected chi connectivity index (χ4v) is 4.61. The molecule has 148 valence electrons. The molecular formula is C26H32BN2+. The molecule has 0 bridgehead atoms. The van der Waals surface area contributed by atoms with Crippen LogP contribution in [-0.2, 0) is 7.05 Å². The molecule has 1 aliphatic rings. The number of para-hydroxylation sites is 2. The van der Waals surface area contributed by atoms with E-state index in [0.717, 1.165) is 10.9 Å². The van der Waals surface area contributed by atoms with Crippen LogP contribution in [0.15, 0.2) is 60.6 Å². The molecule has 2 nitrogen and oxygen atoms in total. The Hall–Kier alpha value is -2.55. The van der Waals surface area contributed by atoms with E-state index in [4.69, 9.17) is 1.37 Å². The lowest BCUT2D eigenvalue weighted by Crippen LogP contribution is -2.61. The minimum absolute atomic E-state index is 0.0442. The van der Waals surface area contributed by atoms with E-state index in [0.29, 0.717) is 0 Å². The molecule has 4 rings (SSSR count). The zero-order chi connectivity index (χ0) is 21.8. The Morgan fingerprint density at radius 2 is 1.69 bits per heavy atom. The molecule has 0 saturated heterocycles. The van der Waals surface area contributed by atoms with E-state index in [-0.39, 0.29) is 12.3 Å². The van der Waals surface area contributed by atoms with E-state index in [1.807, 2.05) is 13.8 Å². The van der Waals surface area contributed by atoms with Crippen molar-refractivity contribution in [3.05, 3.63) is 71.7 Å². The van der Waals surface area contributed by atoms with Crippen LogP contribution in [0, 0.1) is 5.41 Å². The molecule has 0 atom stereocenters. The van der Waals surface area contributed by atoms with Crippen molar-refractivity contribution in [2.24, 2.45) is 12.5 Å². The zero-order valence-electron chi connectivity index (χ0n) is 19.7. The highest BCUT2D eigenvalue weighted by atomic mass is 15.1. The number of hydrogen-bond donors (Lipinski definition) is 0. The van der Waals surface area contributed by atoms with E-state index in [9.17, 15) is 0 Å². The minimum Gasteiger partial charge on any atom is -0.405 e. The van der Waals surface area contributed by atoms with Gasteiger partial charge >= 0.3 is 6.85 Å². The second-order valence-corrected chi connectivity index (χ2v) is 9.46. The molecule has 3 aromatic rings. The summed E-state index contributed by atoms with van der Waals surface area (Å²) >= 11 is 0. The van der Waals surface area contributed by atoms with Crippen LogP contribution in [0.4, 0.5) is 5.69 Å². The predicted molar refractivity (Wildman–Crippen MR) is 127 cm³/mol. The summed E-state index contributed by atoms with van der Waals surface area (Å²) in [6.45, 7) is 10.9. The van der Waals surface area contributed by atoms with Gasteiger partial charge in [0.15, 0.2) is 5.59 Å². The number of aryl methyl sites for hydroxylation is 1. The van der Waals surface area contributed by atoms with E-state index >= 15 is 0 Å². The number of allylic oxidation sites excluding steroid dienone is 1. The van der Waals surface area contributed by atoms with Gasteiger partial charge in [0.25, 0.3) is 0 Å². The van der Waals surface area contributed by atoms with Crippen LogP contribution in [0.3, 0.4) is 0 Å². The standard InChI is InChI=1S/C26H32BN2/c1-18(2)21-16-25(28(6)23-14-10-8-12-19(21)23)27-17-22(26(3,4)5)20-13-9-11-15-24(20)29(27)7/h8-18H,1-7H3/q+1/i18D. The van der Waals surface area contributed by atoms with Gasteiger partial charge in [-0.1, -0.05) is 70.9 Å². The number of rotatable bonds is 2. The van der Waals surface area contributed by atoms with Crippen molar-refractivity contribution in [3.8, 4) is 0 Å². The second kappa shape index (κ2) is 7.05. The summed E-state index contributed by atoms with van der Waals surface area (Å²) < 4.78 is 11.1. The molecule has 0 aliphatic carbocycles. The van der Waals surface area contributed by atoms with Crippen LogP contribution >= 0.6 is 0 Å². The minimum atomic E-state index is -0.676. The average molecular weight is 384 g/mol. The Morgan fingerprint density at radius 1 is 1.03 bits per heavy atom. The van der Waals surface area contributed by atoms with Crippen molar-refractivity contribution < 1.29 is 5.94 Å². The highest BCUT2D eigenvalue weighted by Crippen LogP contribution is 2.41. The van der Waals surface area contributed by atoms with Gasteiger partial charge in [0.1, 0.15) is 7.05 Å². The summed E-state index contributed by atoms with van der Waals surface area (Å²) in [5.41, 5.74) is 7.45. The summed E-state index contributed by atoms with van der Waals surface area (Å²) in [4.78, 5) is 2.37. The second-order valence-electron chi connectivity index (χ2n) is 9.46. The molecule has 0 spiro atoms. The monoisotopic (exact) mass is 384 g/mol. The molecular weight excluding hydrogens is 351 g/mol. The summed E-state index contributed by atoms with van der Waals surface area (Å²) in [5, 5.41) is 1.16. The van der Waals surface area contributed by atoms with Crippen molar-refractivity contribution >= 4 is 34.6 Å².